The minimum Gasteiger partial charge on any atom is -0.506 e. The van der Waals surface area contributed by atoms with Crippen LogP contribution in [0.15, 0.2) is 47.5 Å². The third kappa shape index (κ3) is 4.06. The zero-order chi connectivity index (χ0) is 23.1. The number of hydrogen-bond donors (Lipinski definition) is 4. The summed E-state index contributed by atoms with van der Waals surface area (Å²) in [6.07, 6.45) is 5.60. The van der Waals surface area contributed by atoms with E-state index in [1.807, 2.05) is 31.4 Å². The van der Waals surface area contributed by atoms with Crippen molar-refractivity contribution in [1.29, 1.82) is 0 Å². The molecule has 4 aromatic rings. The second kappa shape index (κ2) is 9.32. The summed E-state index contributed by atoms with van der Waals surface area (Å²) in [6.45, 7) is 1.40. The van der Waals surface area contributed by atoms with Gasteiger partial charge >= 0.3 is 5.97 Å². The molecule has 0 radical (unpaired) electrons. The van der Waals surface area contributed by atoms with Crippen LogP contribution in [-0.2, 0) is 33.0 Å². The highest BCUT2D eigenvalue weighted by molar-refractivity contribution is 5.93. The molecule has 34 heavy (non-hydrogen) atoms. The number of carbonyl (C=O) groups is 1. The Bertz CT molecular complexity index is 1440. The summed E-state index contributed by atoms with van der Waals surface area (Å²) in [7, 11) is 2.04. The molecular weight excluding hydrogens is 456 g/mol. The number of halogens is 1. The van der Waals surface area contributed by atoms with Gasteiger partial charge in [-0.25, -0.2) is 4.79 Å². The van der Waals surface area contributed by atoms with E-state index in [4.69, 9.17) is 0 Å². The number of H-pyrrole nitrogens is 1. The van der Waals surface area contributed by atoms with Crippen molar-refractivity contribution in [3.05, 3.63) is 81.0 Å². The van der Waals surface area contributed by atoms with Crippen molar-refractivity contribution < 1.29 is 15.0 Å². The summed E-state index contributed by atoms with van der Waals surface area (Å²) < 4.78 is 2.16. The van der Waals surface area contributed by atoms with Crippen LogP contribution in [0.1, 0.15) is 39.2 Å². The van der Waals surface area contributed by atoms with E-state index in [1.165, 1.54) is 0 Å². The normalized spacial score (nSPS) is 12.5. The van der Waals surface area contributed by atoms with Crippen molar-refractivity contribution in [3.63, 3.8) is 0 Å². The number of carboxylic acid groups (broad SMARTS) is 1. The van der Waals surface area contributed by atoms with Gasteiger partial charge in [0.25, 0.3) is 5.56 Å². The number of aryl methyl sites for hydroxylation is 2. The monoisotopic (exact) mass is 480 g/mol. The predicted octanol–water partition coefficient (Wildman–Crippen LogP) is 3.53. The van der Waals surface area contributed by atoms with Crippen LogP contribution in [0, 0.1) is 0 Å². The lowest BCUT2D eigenvalue weighted by atomic mass is 9.98. The minimum absolute atomic E-state index is 0. The molecule has 4 N–H and O–H groups in total. The van der Waals surface area contributed by atoms with E-state index in [2.05, 4.69) is 32.0 Å². The molecule has 1 aliphatic carbocycles. The first-order valence-electron chi connectivity index (χ1n) is 10.9. The summed E-state index contributed by atoms with van der Waals surface area (Å²) in [5.74, 6) is -1.86. The van der Waals surface area contributed by atoms with E-state index in [0.29, 0.717) is 30.8 Å². The molecule has 8 nitrogen and oxygen atoms in total. The molecule has 0 bridgehead atoms. The molecule has 1 aliphatic rings. The fourth-order valence-corrected chi connectivity index (χ4v) is 4.69. The van der Waals surface area contributed by atoms with Gasteiger partial charge in [-0.3, -0.25) is 9.78 Å². The highest BCUT2D eigenvalue weighted by Gasteiger charge is 2.26. The van der Waals surface area contributed by atoms with Crippen LogP contribution >= 0.6 is 12.4 Å². The van der Waals surface area contributed by atoms with E-state index in [9.17, 15) is 19.8 Å². The fraction of sp³-hybridized carbons (Fsp3) is 0.240. The average Bonchev–Trinajstić information content (AvgIpc) is 2.97. The van der Waals surface area contributed by atoms with Gasteiger partial charge in [-0.2, -0.15) is 0 Å². The zero-order valence-electron chi connectivity index (χ0n) is 18.6. The van der Waals surface area contributed by atoms with Gasteiger partial charge in [0.15, 0.2) is 5.56 Å². The summed E-state index contributed by atoms with van der Waals surface area (Å²) in [4.78, 5) is 30.8. The molecule has 3 aromatic heterocycles. The first kappa shape index (κ1) is 23.5. The highest BCUT2D eigenvalue weighted by atomic mass is 35.5. The molecule has 0 saturated carbocycles. The SMILES string of the molecule is Cl.Cn1c(CNCc2cccnc2)cc2cc3c(cc21)CCCc1c-3[nH]c(=O)c(C(=O)O)c1O. The largest absolute Gasteiger partial charge is 0.506 e. The maximum atomic E-state index is 12.4. The van der Waals surface area contributed by atoms with E-state index in [-0.39, 0.29) is 12.4 Å². The van der Waals surface area contributed by atoms with Crippen LogP contribution in [0.4, 0.5) is 0 Å². The second-order valence-electron chi connectivity index (χ2n) is 8.42. The molecule has 176 valence electrons. The van der Waals surface area contributed by atoms with Crippen LogP contribution in [0.3, 0.4) is 0 Å². The van der Waals surface area contributed by atoms with Crippen LogP contribution in [-0.4, -0.2) is 30.7 Å². The van der Waals surface area contributed by atoms with E-state index in [1.54, 1.807) is 6.20 Å². The van der Waals surface area contributed by atoms with Crippen molar-refractivity contribution in [2.45, 2.75) is 32.4 Å². The number of nitrogens with one attached hydrogen (secondary N) is 2. The smallest absolute Gasteiger partial charge is 0.345 e. The number of aromatic hydroxyl groups is 1. The van der Waals surface area contributed by atoms with Gasteiger partial charge in [0.1, 0.15) is 5.75 Å². The topological polar surface area (TPSA) is 120 Å². The summed E-state index contributed by atoms with van der Waals surface area (Å²) in [6, 6.07) is 10.2. The number of rotatable bonds is 5. The number of nitrogens with zero attached hydrogens (tertiary/aromatic N) is 2. The Labute approximate surface area is 201 Å². The fourth-order valence-electron chi connectivity index (χ4n) is 4.69. The number of hydrogen-bond acceptors (Lipinski definition) is 5. The molecule has 0 saturated heterocycles. The van der Waals surface area contributed by atoms with Gasteiger partial charge in [-0.05, 0) is 54.7 Å². The van der Waals surface area contributed by atoms with Gasteiger partial charge in [-0.1, -0.05) is 6.07 Å². The van der Waals surface area contributed by atoms with E-state index >= 15 is 0 Å². The molecule has 3 heterocycles. The Morgan fingerprint density at radius 2 is 2.06 bits per heavy atom. The maximum Gasteiger partial charge on any atom is 0.345 e. The van der Waals surface area contributed by atoms with E-state index < -0.39 is 22.8 Å². The van der Waals surface area contributed by atoms with Crippen molar-refractivity contribution in [3.8, 4) is 17.0 Å². The Kier molecular flexibility index (Phi) is 6.45. The molecule has 0 amide bonds. The van der Waals surface area contributed by atoms with Crippen molar-refractivity contribution in [2.75, 3.05) is 0 Å². The molecule has 5 rings (SSSR count). The molecule has 0 aliphatic heterocycles. The molecule has 1 aromatic carbocycles. The Balaban J connectivity index is 0.00000274. The molecule has 0 atom stereocenters. The summed E-state index contributed by atoms with van der Waals surface area (Å²) in [5, 5.41) is 24.4. The number of aromatic nitrogens is 3. The van der Waals surface area contributed by atoms with Gasteiger partial charge in [0.2, 0.25) is 0 Å². The number of pyridine rings is 2. The van der Waals surface area contributed by atoms with Crippen LogP contribution < -0.4 is 10.9 Å². The number of aromatic carboxylic acids is 1. The van der Waals surface area contributed by atoms with Gasteiger partial charge in [-0.15, -0.1) is 12.4 Å². The molecule has 0 spiro atoms. The number of carboxylic acids is 1. The highest BCUT2D eigenvalue weighted by Crippen LogP contribution is 2.38. The Morgan fingerprint density at radius 3 is 2.79 bits per heavy atom. The predicted molar refractivity (Wildman–Crippen MR) is 132 cm³/mol. The lowest BCUT2D eigenvalue weighted by molar-refractivity contribution is 0.0691. The molecular formula is C25H25ClN4O4. The zero-order valence-corrected chi connectivity index (χ0v) is 19.4. The standard InChI is InChI=1S/C25H24N4O4.ClH/c1-29-17(13-27-12-14-4-3-7-26-11-14)8-16-9-19-15(10-20(16)29)5-2-6-18-22(19)28-24(31)21(23(18)30)25(32)33;/h3-4,7-11,27H,2,5-6,12-13H2,1H3,(H,32,33)(H2,28,30,31);1H. The summed E-state index contributed by atoms with van der Waals surface area (Å²) in [5.41, 5.74) is 4.83. The van der Waals surface area contributed by atoms with E-state index in [0.717, 1.165) is 46.1 Å². The molecule has 9 heteroatoms. The molecule has 0 unspecified atom stereocenters. The van der Waals surface area contributed by atoms with Crippen molar-refractivity contribution in [2.24, 2.45) is 7.05 Å². The van der Waals surface area contributed by atoms with Crippen LogP contribution in [0.25, 0.3) is 22.2 Å². The van der Waals surface area contributed by atoms with Crippen LogP contribution in [0.5, 0.6) is 5.75 Å². The lowest BCUT2D eigenvalue weighted by Gasteiger charge is -2.13. The Hall–Kier alpha value is -3.62. The molecule has 0 fully saturated rings. The third-order valence-corrected chi connectivity index (χ3v) is 6.37. The van der Waals surface area contributed by atoms with Gasteiger partial charge in [0, 0.05) is 60.3 Å². The second-order valence-corrected chi connectivity index (χ2v) is 8.42. The van der Waals surface area contributed by atoms with Crippen molar-refractivity contribution >= 4 is 29.3 Å². The number of aromatic amines is 1. The summed E-state index contributed by atoms with van der Waals surface area (Å²) >= 11 is 0. The Morgan fingerprint density at radius 1 is 1.24 bits per heavy atom. The lowest BCUT2D eigenvalue weighted by Crippen LogP contribution is -2.20. The quantitative estimate of drug-likeness (QED) is 0.347. The average molecular weight is 481 g/mol. The van der Waals surface area contributed by atoms with Gasteiger partial charge in [0.05, 0.1) is 5.69 Å². The number of fused-ring (bicyclic) bond motifs is 4. The van der Waals surface area contributed by atoms with Crippen LogP contribution in [0.2, 0.25) is 0 Å². The minimum atomic E-state index is -1.43. The number of benzene rings is 1. The maximum absolute atomic E-state index is 12.4. The van der Waals surface area contributed by atoms with Gasteiger partial charge < -0.3 is 25.1 Å². The first-order chi connectivity index (χ1) is 15.9. The first-order valence-corrected chi connectivity index (χ1v) is 10.9. The van der Waals surface area contributed by atoms with Crippen molar-refractivity contribution in [1.82, 2.24) is 19.9 Å². The third-order valence-electron chi connectivity index (χ3n) is 6.37.